The number of aromatic nitrogens is 2. The summed E-state index contributed by atoms with van der Waals surface area (Å²) in [5, 5.41) is 3.70. The minimum atomic E-state index is -0.121. The van der Waals surface area contributed by atoms with Crippen molar-refractivity contribution in [1.29, 1.82) is 0 Å². The predicted molar refractivity (Wildman–Crippen MR) is 51.7 cm³/mol. The molecule has 13 heavy (non-hydrogen) atoms. The molecule has 0 aliphatic rings. The molecule has 4 heteroatoms. The van der Waals surface area contributed by atoms with E-state index in [0.717, 1.165) is 12.8 Å². The van der Waals surface area contributed by atoms with E-state index in [2.05, 4.69) is 24.0 Å². The van der Waals surface area contributed by atoms with E-state index >= 15 is 0 Å². The standard InChI is InChI=1S/C9H15ClN2O/c1-4-7(10)9-11-8(13-12-9)5-6(2)3/h6-7H,4-5H2,1-3H3. The van der Waals surface area contributed by atoms with Gasteiger partial charge in [-0.1, -0.05) is 25.9 Å². The van der Waals surface area contributed by atoms with E-state index in [1.54, 1.807) is 0 Å². The van der Waals surface area contributed by atoms with Crippen LogP contribution in [-0.4, -0.2) is 10.1 Å². The summed E-state index contributed by atoms with van der Waals surface area (Å²) >= 11 is 5.96. The van der Waals surface area contributed by atoms with Gasteiger partial charge in [-0.3, -0.25) is 0 Å². The van der Waals surface area contributed by atoms with E-state index in [1.165, 1.54) is 0 Å². The smallest absolute Gasteiger partial charge is 0.226 e. The zero-order chi connectivity index (χ0) is 9.84. The van der Waals surface area contributed by atoms with Crippen molar-refractivity contribution in [3.05, 3.63) is 11.7 Å². The first-order valence-corrected chi connectivity index (χ1v) is 5.03. The Bertz CT molecular complexity index is 260. The summed E-state index contributed by atoms with van der Waals surface area (Å²) in [6.07, 6.45) is 1.64. The Morgan fingerprint density at radius 1 is 1.46 bits per heavy atom. The van der Waals surface area contributed by atoms with Crippen LogP contribution in [0.1, 0.15) is 44.3 Å². The van der Waals surface area contributed by atoms with Crippen molar-refractivity contribution in [3.8, 4) is 0 Å². The Morgan fingerprint density at radius 2 is 2.15 bits per heavy atom. The van der Waals surface area contributed by atoms with Gasteiger partial charge in [0.15, 0.2) is 5.82 Å². The predicted octanol–water partition coefficient (Wildman–Crippen LogP) is 2.96. The second-order valence-corrected chi connectivity index (χ2v) is 4.05. The van der Waals surface area contributed by atoms with Gasteiger partial charge in [0.2, 0.25) is 5.89 Å². The molecule has 0 saturated heterocycles. The van der Waals surface area contributed by atoms with Crippen LogP contribution in [0, 0.1) is 5.92 Å². The van der Waals surface area contributed by atoms with Gasteiger partial charge in [0.05, 0.1) is 5.38 Å². The Hall–Kier alpha value is -0.570. The van der Waals surface area contributed by atoms with E-state index < -0.39 is 0 Å². The third-order valence-corrected chi connectivity index (χ3v) is 2.21. The topological polar surface area (TPSA) is 38.9 Å². The molecular weight excluding hydrogens is 188 g/mol. The van der Waals surface area contributed by atoms with Crippen molar-refractivity contribution in [2.24, 2.45) is 5.92 Å². The molecule has 3 nitrogen and oxygen atoms in total. The summed E-state index contributed by atoms with van der Waals surface area (Å²) in [5.74, 6) is 1.83. The quantitative estimate of drug-likeness (QED) is 0.705. The fraction of sp³-hybridized carbons (Fsp3) is 0.778. The Balaban J connectivity index is 2.63. The summed E-state index contributed by atoms with van der Waals surface area (Å²) in [5.41, 5.74) is 0. The Labute approximate surface area is 83.5 Å². The van der Waals surface area contributed by atoms with Crippen LogP contribution in [0.25, 0.3) is 0 Å². The van der Waals surface area contributed by atoms with Crippen molar-refractivity contribution in [2.75, 3.05) is 0 Å². The maximum Gasteiger partial charge on any atom is 0.226 e. The van der Waals surface area contributed by atoms with E-state index in [4.69, 9.17) is 16.1 Å². The minimum Gasteiger partial charge on any atom is -0.339 e. The number of hydrogen-bond donors (Lipinski definition) is 0. The zero-order valence-corrected chi connectivity index (χ0v) is 9.01. The first-order chi connectivity index (χ1) is 6.13. The minimum absolute atomic E-state index is 0.121. The van der Waals surface area contributed by atoms with Crippen molar-refractivity contribution >= 4 is 11.6 Å². The van der Waals surface area contributed by atoms with Crippen LogP contribution in [-0.2, 0) is 6.42 Å². The Kier molecular flexibility index (Phi) is 3.72. The first-order valence-electron chi connectivity index (χ1n) is 4.60. The number of nitrogens with zero attached hydrogens (tertiary/aromatic N) is 2. The molecule has 0 aliphatic carbocycles. The van der Waals surface area contributed by atoms with Crippen LogP contribution in [0.4, 0.5) is 0 Å². The lowest BCUT2D eigenvalue weighted by atomic mass is 10.1. The highest BCUT2D eigenvalue weighted by Gasteiger charge is 2.14. The van der Waals surface area contributed by atoms with E-state index in [9.17, 15) is 0 Å². The second-order valence-electron chi connectivity index (χ2n) is 3.52. The van der Waals surface area contributed by atoms with Crippen molar-refractivity contribution in [1.82, 2.24) is 10.1 Å². The SMILES string of the molecule is CCC(Cl)c1noc(CC(C)C)n1. The van der Waals surface area contributed by atoms with Crippen LogP contribution in [0.2, 0.25) is 0 Å². The monoisotopic (exact) mass is 202 g/mol. The molecule has 1 aromatic rings. The maximum absolute atomic E-state index is 5.96. The first kappa shape index (κ1) is 10.5. The summed E-state index contributed by atoms with van der Waals surface area (Å²) in [4.78, 5) is 4.21. The highest BCUT2D eigenvalue weighted by molar-refractivity contribution is 6.20. The number of alkyl halides is 1. The lowest BCUT2D eigenvalue weighted by molar-refractivity contribution is 0.358. The molecule has 0 aliphatic heterocycles. The largest absolute Gasteiger partial charge is 0.339 e. The number of rotatable bonds is 4. The second kappa shape index (κ2) is 4.61. The van der Waals surface area contributed by atoms with E-state index in [-0.39, 0.29) is 5.38 Å². The molecule has 0 fully saturated rings. The molecule has 0 aromatic carbocycles. The normalized spacial score (nSPS) is 13.6. The number of halogens is 1. The van der Waals surface area contributed by atoms with Crippen molar-refractivity contribution in [2.45, 2.75) is 39.0 Å². The van der Waals surface area contributed by atoms with Gasteiger partial charge in [0.1, 0.15) is 0 Å². The van der Waals surface area contributed by atoms with Crippen LogP contribution < -0.4 is 0 Å². The van der Waals surface area contributed by atoms with Crippen molar-refractivity contribution in [3.63, 3.8) is 0 Å². The highest BCUT2D eigenvalue weighted by Crippen LogP contribution is 2.20. The summed E-state index contributed by atoms with van der Waals surface area (Å²) in [7, 11) is 0. The summed E-state index contributed by atoms with van der Waals surface area (Å²) < 4.78 is 5.05. The average molecular weight is 203 g/mol. The fourth-order valence-corrected chi connectivity index (χ4v) is 1.10. The molecule has 0 N–H and O–H groups in total. The maximum atomic E-state index is 5.96. The molecule has 0 bridgehead atoms. The van der Waals surface area contributed by atoms with Gasteiger partial charge in [-0.05, 0) is 12.3 Å². The van der Waals surface area contributed by atoms with Crippen molar-refractivity contribution < 1.29 is 4.52 Å². The lowest BCUT2D eigenvalue weighted by Crippen LogP contribution is -1.95. The van der Waals surface area contributed by atoms with E-state index in [0.29, 0.717) is 17.6 Å². The fourth-order valence-electron chi connectivity index (χ4n) is 1.01. The molecule has 0 radical (unpaired) electrons. The molecule has 1 heterocycles. The van der Waals surface area contributed by atoms with E-state index in [1.807, 2.05) is 6.92 Å². The molecule has 0 spiro atoms. The lowest BCUT2D eigenvalue weighted by Gasteiger charge is -1.97. The molecular formula is C9H15ClN2O. The Morgan fingerprint density at radius 3 is 2.69 bits per heavy atom. The highest BCUT2D eigenvalue weighted by atomic mass is 35.5. The van der Waals surface area contributed by atoms with Gasteiger partial charge >= 0.3 is 0 Å². The van der Waals surface area contributed by atoms with Crippen LogP contribution in [0.3, 0.4) is 0 Å². The van der Waals surface area contributed by atoms with Gasteiger partial charge in [-0.25, -0.2) is 0 Å². The molecule has 1 rings (SSSR count). The third-order valence-electron chi connectivity index (χ3n) is 1.71. The van der Waals surface area contributed by atoms with Gasteiger partial charge in [-0.15, -0.1) is 11.6 Å². The number of hydrogen-bond acceptors (Lipinski definition) is 3. The molecule has 0 amide bonds. The summed E-state index contributed by atoms with van der Waals surface area (Å²) in [6.45, 7) is 6.22. The molecule has 1 unspecified atom stereocenters. The van der Waals surface area contributed by atoms with Gasteiger partial charge in [0, 0.05) is 6.42 Å². The van der Waals surface area contributed by atoms with Crippen LogP contribution in [0.15, 0.2) is 4.52 Å². The van der Waals surface area contributed by atoms with Crippen LogP contribution in [0.5, 0.6) is 0 Å². The molecule has 0 saturated carbocycles. The molecule has 74 valence electrons. The van der Waals surface area contributed by atoms with Gasteiger partial charge in [0.25, 0.3) is 0 Å². The third kappa shape index (κ3) is 2.99. The van der Waals surface area contributed by atoms with Gasteiger partial charge in [-0.2, -0.15) is 4.98 Å². The molecule has 1 aromatic heterocycles. The zero-order valence-electron chi connectivity index (χ0n) is 8.25. The average Bonchev–Trinajstić information content (AvgIpc) is 2.50. The van der Waals surface area contributed by atoms with Crippen LogP contribution >= 0.6 is 11.6 Å². The molecule has 1 atom stereocenters. The summed E-state index contributed by atoms with van der Waals surface area (Å²) in [6, 6.07) is 0. The van der Waals surface area contributed by atoms with Gasteiger partial charge < -0.3 is 4.52 Å².